The summed E-state index contributed by atoms with van der Waals surface area (Å²) in [6.45, 7) is 3.38. The molecule has 0 heterocycles. The molecule has 34 heavy (non-hydrogen) atoms. The number of hydrogen-bond donors (Lipinski definition) is 3. The smallest absolute Gasteiger partial charge is 0.263 e. The number of amides is 1. The van der Waals surface area contributed by atoms with Crippen LogP contribution in [0.25, 0.3) is 0 Å². The standard InChI is InChI=1S/C25H24N2O5S2/c1-25(2,29)15-14-19-16-20(12-13-21(19)32-17-18-8-4-3-5-9-18)24(28)27-34(31)23-11-7-6-10-22(23)33(26)30/h3-13,16,29H,17,26H2,1-2H3,(H,27,28). The first-order valence-electron chi connectivity index (χ1n) is 10.2. The van der Waals surface area contributed by atoms with Crippen LogP contribution < -0.4 is 14.6 Å². The van der Waals surface area contributed by atoms with Crippen molar-refractivity contribution in [3.05, 3.63) is 89.5 Å². The zero-order valence-electron chi connectivity index (χ0n) is 18.6. The first-order chi connectivity index (χ1) is 16.1. The summed E-state index contributed by atoms with van der Waals surface area (Å²) < 4.78 is 32.7. The van der Waals surface area contributed by atoms with E-state index >= 15 is 0 Å². The molecule has 2 atom stereocenters. The summed E-state index contributed by atoms with van der Waals surface area (Å²) >= 11 is 0. The maximum absolute atomic E-state index is 12.8. The molecule has 3 aromatic rings. The van der Waals surface area contributed by atoms with Crippen molar-refractivity contribution in [3.8, 4) is 17.6 Å². The molecule has 4 N–H and O–H groups in total. The average molecular weight is 497 g/mol. The van der Waals surface area contributed by atoms with Crippen molar-refractivity contribution in [2.75, 3.05) is 0 Å². The van der Waals surface area contributed by atoms with Crippen molar-refractivity contribution in [3.63, 3.8) is 0 Å². The molecule has 0 spiro atoms. The fourth-order valence-electron chi connectivity index (χ4n) is 2.82. The van der Waals surface area contributed by atoms with Gasteiger partial charge in [0, 0.05) is 5.56 Å². The van der Waals surface area contributed by atoms with E-state index in [0.29, 0.717) is 17.9 Å². The van der Waals surface area contributed by atoms with Gasteiger partial charge in [-0.05, 0) is 49.7 Å². The Labute approximate surface area is 203 Å². The molecule has 0 bridgehead atoms. The number of hydrogen-bond acceptors (Lipinski definition) is 5. The van der Waals surface area contributed by atoms with E-state index in [1.54, 1.807) is 32.0 Å². The van der Waals surface area contributed by atoms with Gasteiger partial charge in [-0.3, -0.25) is 9.52 Å². The summed E-state index contributed by atoms with van der Waals surface area (Å²) in [6.07, 6.45) is 0. The zero-order valence-corrected chi connectivity index (χ0v) is 20.2. The Balaban J connectivity index is 1.86. The molecule has 0 aromatic heterocycles. The highest BCUT2D eigenvalue weighted by atomic mass is 32.2. The highest BCUT2D eigenvalue weighted by molar-refractivity contribution is 7.86. The van der Waals surface area contributed by atoms with Gasteiger partial charge in [0.25, 0.3) is 5.91 Å². The lowest BCUT2D eigenvalue weighted by atomic mass is 10.1. The van der Waals surface area contributed by atoms with Crippen LogP contribution >= 0.6 is 0 Å². The van der Waals surface area contributed by atoms with Crippen LogP contribution in [0.1, 0.15) is 35.3 Å². The number of rotatable bonds is 7. The number of benzene rings is 3. The van der Waals surface area contributed by atoms with Crippen molar-refractivity contribution in [1.29, 1.82) is 0 Å². The summed E-state index contributed by atoms with van der Waals surface area (Å²) in [5, 5.41) is 15.4. The van der Waals surface area contributed by atoms with Gasteiger partial charge >= 0.3 is 0 Å². The Bertz CT molecular complexity index is 1290. The minimum absolute atomic E-state index is 0.154. The van der Waals surface area contributed by atoms with E-state index in [2.05, 4.69) is 16.6 Å². The highest BCUT2D eigenvalue weighted by Gasteiger charge is 2.17. The second kappa shape index (κ2) is 11.2. The molecule has 0 radical (unpaired) electrons. The monoisotopic (exact) mass is 496 g/mol. The molecule has 0 saturated heterocycles. The van der Waals surface area contributed by atoms with Gasteiger partial charge in [0.05, 0.1) is 15.4 Å². The lowest BCUT2D eigenvalue weighted by Gasteiger charge is -2.12. The van der Waals surface area contributed by atoms with E-state index in [0.717, 1.165) is 5.56 Å². The molecule has 0 aliphatic carbocycles. The van der Waals surface area contributed by atoms with Crippen LogP contribution in [0.5, 0.6) is 5.75 Å². The molecule has 2 unspecified atom stereocenters. The molecule has 7 nitrogen and oxygen atoms in total. The molecule has 1 amide bonds. The third-order valence-electron chi connectivity index (χ3n) is 4.43. The Morgan fingerprint density at radius 2 is 1.68 bits per heavy atom. The van der Waals surface area contributed by atoms with Crippen LogP contribution in [-0.4, -0.2) is 25.0 Å². The first-order valence-corrected chi connectivity index (χ1v) is 12.5. The van der Waals surface area contributed by atoms with Crippen LogP contribution in [0.4, 0.5) is 0 Å². The van der Waals surface area contributed by atoms with Crippen LogP contribution in [0, 0.1) is 11.8 Å². The Morgan fingerprint density at radius 3 is 2.32 bits per heavy atom. The number of nitrogens with one attached hydrogen (secondary N) is 1. The summed E-state index contributed by atoms with van der Waals surface area (Å²) in [5.74, 6) is 5.38. The van der Waals surface area contributed by atoms with Crippen LogP contribution in [0.3, 0.4) is 0 Å². The highest BCUT2D eigenvalue weighted by Crippen LogP contribution is 2.22. The third kappa shape index (κ3) is 7.10. The van der Waals surface area contributed by atoms with Gasteiger partial charge in [-0.25, -0.2) is 13.6 Å². The maximum atomic E-state index is 12.8. The van der Waals surface area contributed by atoms with E-state index in [1.807, 2.05) is 30.3 Å². The Hall–Kier alpha value is -3.29. The molecule has 9 heteroatoms. The summed E-state index contributed by atoms with van der Waals surface area (Å²) in [6, 6.07) is 20.4. The maximum Gasteiger partial charge on any atom is 0.263 e. The molecular formula is C25H24N2O5S2. The van der Waals surface area contributed by atoms with Gasteiger partial charge in [-0.2, -0.15) is 0 Å². The van der Waals surface area contributed by atoms with Crippen molar-refractivity contribution in [1.82, 2.24) is 4.72 Å². The lowest BCUT2D eigenvalue weighted by molar-refractivity contribution is 0.0982. The predicted octanol–water partition coefficient (Wildman–Crippen LogP) is 2.82. The van der Waals surface area contributed by atoms with Gasteiger partial charge in [0.15, 0.2) is 11.0 Å². The molecule has 0 saturated carbocycles. The second-order valence-electron chi connectivity index (χ2n) is 7.74. The Morgan fingerprint density at radius 1 is 1.03 bits per heavy atom. The topological polar surface area (TPSA) is 119 Å². The molecular weight excluding hydrogens is 472 g/mol. The molecule has 176 valence electrons. The van der Waals surface area contributed by atoms with Gasteiger partial charge in [-0.1, -0.05) is 54.3 Å². The number of ether oxygens (including phenoxy) is 1. The number of nitrogens with two attached hydrogens (primary N) is 1. The molecule has 0 aliphatic heterocycles. The zero-order chi connectivity index (χ0) is 24.7. The summed E-state index contributed by atoms with van der Waals surface area (Å²) in [4.78, 5) is 13.1. The van der Waals surface area contributed by atoms with Crippen LogP contribution in [-0.2, 0) is 28.6 Å². The van der Waals surface area contributed by atoms with Crippen molar-refractivity contribution >= 4 is 27.9 Å². The number of aliphatic hydroxyl groups is 1. The predicted molar refractivity (Wildman–Crippen MR) is 131 cm³/mol. The van der Waals surface area contributed by atoms with Crippen molar-refractivity contribution < 1.29 is 23.1 Å². The van der Waals surface area contributed by atoms with Gasteiger partial charge in [0.1, 0.15) is 28.9 Å². The van der Waals surface area contributed by atoms with Crippen LogP contribution in [0.2, 0.25) is 0 Å². The van der Waals surface area contributed by atoms with Crippen LogP contribution in [0.15, 0.2) is 82.6 Å². The Kier molecular flexibility index (Phi) is 8.36. The minimum Gasteiger partial charge on any atom is -0.488 e. The summed E-state index contributed by atoms with van der Waals surface area (Å²) in [7, 11) is -3.84. The molecule has 3 aromatic carbocycles. The quantitative estimate of drug-likeness (QED) is 0.435. The normalized spacial score (nSPS) is 12.7. The first kappa shape index (κ1) is 25.3. The largest absolute Gasteiger partial charge is 0.488 e. The lowest BCUT2D eigenvalue weighted by Crippen LogP contribution is -2.27. The fraction of sp³-hybridized carbons (Fsp3) is 0.160. The second-order valence-corrected chi connectivity index (χ2v) is 9.95. The molecule has 0 fully saturated rings. The van der Waals surface area contributed by atoms with Gasteiger partial charge in [0.2, 0.25) is 0 Å². The number of carbonyl (C=O) groups is 1. The van der Waals surface area contributed by atoms with E-state index in [9.17, 15) is 18.3 Å². The van der Waals surface area contributed by atoms with Crippen molar-refractivity contribution in [2.45, 2.75) is 35.8 Å². The average Bonchev–Trinajstić information content (AvgIpc) is 2.81. The SMILES string of the molecule is CC(C)(O)C#Cc1cc(C(=O)NS(=O)c2ccccc2S(N)=O)ccc1OCc1ccccc1. The summed E-state index contributed by atoms with van der Waals surface area (Å²) in [5.41, 5.74) is 0.279. The van der Waals surface area contributed by atoms with E-state index in [-0.39, 0.29) is 15.4 Å². The fourth-order valence-corrected chi connectivity index (χ4v) is 4.62. The van der Waals surface area contributed by atoms with Gasteiger partial charge in [-0.15, -0.1) is 0 Å². The van der Waals surface area contributed by atoms with Gasteiger partial charge < -0.3 is 9.84 Å². The van der Waals surface area contributed by atoms with E-state index < -0.39 is 33.5 Å². The molecule has 3 rings (SSSR count). The van der Waals surface area contributed by atoms with E-state index in [4.69, 9.17) is 9.88 Å². The van der Waals surface area contributed by atoms with E-state index in [1.165, 1.54) is 24.3 Å². The minimum atomic E-state index is -1.98. The number of carbonyl (C=O) groups excluding carboxylic acids is 1. The third-order valence-corrected chi connectivity index (χ3v) is 6.48. The molecule has 0 aliphatic rings. The van der Waals surface area contributed by atoms with Crippen molar-refractivity contribution in [2.24, 2.45) is 5.14 Å².